The summed E-state index contributed by atoms with van der Waals surface area (Å²) < 4.78 is 0. The molecule has 0 fully saturated rings. The zero-order chi connectivity index (χ0) is 12.5. The molecule has 0 aliphatic heterocycles. The van der Waals surface area contributed by atoms with Gasteiger partial charge in [0.25, 0.3) is 0 Å². The first-order chi connectivity index (χ1) is 8.27. The van der Waals surface area contributed by atoms with Crippen molar-refractivity contribution in [2.45, 2.75) is 33.2 Å². The van der Waals surface area contributed by atoms with Gasteiger partial charge < -0.3 is 10.2 Å². The van der Waals surface area contributed by atoms with Crippen LogP contribution < -0.4 is 5.32 Å². The molecule has 1 heterocycles. The number of hydrogen-bond acceptors (Lipinski definition) is 2. The van der Waals surface area contributed by atoms with Crippen molar-refractivity contribution in [3.05, 3.63) is 30.1 Å². The van der Waals surface area contributed by atoms with Gasteiger partial charge in [-0.2, -0.15) is 0 Å². The van der Waals surface area contributed by atoms with E-state index in [2.05, 4.69) is 17.2 Å². The molecule has 4 nitrogen and oxygen atoms in total. The average Bonchev–Trinajstić information content (AvgIpc) is 2.37. The molecule has 0 aliphatic rings. The summed E-state index contributed by atoms with van der Waals surface area (Å²) in [5, 5.41) is 2.93. The number of urea groups is 1. The molecule has 0 aromatic carbocycles. The Morgan fingerprint density at radius 1 is 1.35 bits per heavy atom. The molecule has 1 aromatic rings. The highest BCUT2D eigenvalue weighted by Gasteiger charge is 2.10. The van der Waals surface area contributed by atoms with Crippen molar-refractivity contribution in [1.82, 2.24) is 15.2 Å². The van der Waals surface area contributed by atoms with Crippen LogP contribution in [0.15, 0.2) is 24.5 Å². The minimum absolute atomic E-state index is 0.0118. The number of aromatic nitrogens is 1. The summed E-state index contributed by atoms with van der Waals surface area (Å²) in [7, 11) is 0. The fourth-order valence-electron chi connectivity index (χ4n) is 1.52. The molecule has 1 rings (SSSR count). The van der Waals surface area contributed by atoms with Crippen LogP contribution in [0.3, 0.4) is 0 Å². The molecule has 2 amide bonds. The van der Waals surface area contributed by atoms with Crippen molar-refractivity contribution in [2.75, 3.05) is 13.1 Å². The molecule has 0 aliphatic carbocycles. The molecule has 0 unspecified atom stereocenters. The monoisotopic (exact) mass is 235 g/mol. The second-order valence-corrected chi connectivity index (χ2v) is 3.96. The summed E-state index contributed by atoms with van der Waals surface area (Å²) in [6.07, 6.45) is 5.62. The Morgan fingerprint density at radius 2 is 2.06 bits per heavy atom. The third-order valence-corrected chi connectivity index (χ3v) is 2.60. The van der Waals surface area contributed by atoms with Gasteiger partial charge in [0.05, 0.1) is 0 Å². The summed E-state index contributed by atoms with van der Waals surface area (Å²) in [5.74, 6) is 0. The summed E-state index contributed by atoms with van der Waals surface area (Å²) in [5.41, 5.74) is 1.10. The van der Waals surface area contributed by atoms with Crippen LogP contribution in [0.25, 0.3) is 0 Å². The van der Waals surface area contributed by atoms with Gasteiger partial charge in [-0.25, -0.2) is 4.79 Å². The van der Waals surface area contributed by atoms with Crippen molar-refractivity contribution in [2.24, 2.45) is 0 Å². The van der Waals surface area contributed by atoms with Crippen LogP contribution >= 0.6 is 0 Å². The standard InChI is InChI=1S/C13H21N3O/c1-3-5-8-15-13(17)16(4-2)11-12-6-9-14-10-7-12/h6-7,9-10H,3-5,8,11H2,1-2H3,(H,15,17). The molecule has 1 aromatic heterocycles. The van der Waals surface area contributed by atoms with Crippen LogP contribution in [-0.4, -0.2) is 29.0 Å². The number of nitrogens with one attached hydrogen (secondary N) is 1. The van der Waals surface area contributed by atoms with E-state index in [0.29, 0.717) is 13.1 Å². The number of rotatable bonds is 6. The normalized spacial score (nSPS) is 10.0. The van der Waals surface area contributed by atoms with Crippen LogP contribution in [0, 0.1) is 0 Å². The summed E-state index contributed by atoms with van der Waals surface area (Å²) in [6, 6.07) is 3.88. The van der Waals surface area contributed by atoms with E-state index < -0.39 is 0 Å². The van der Waals surface area contributed by atoms with Crippen molar-refractivity contribution in [1.29, 1.82) is 0 Å². The van der Waals surface area contributed by atoms with Gasteiger partial charge in [-0.15, -0.1) is 0 Å². The number of nitrogens with zero attached hydrogens (tertiary/aromatic N) is 2. The third kappa shape index (κ3) is 4.85. The van der Waals surface area contributed by atoms with Crippen molar-refractivity contribution < 1.29 is 4.79 Å². The first-order valence-electron chi connectivity index (χ1n) is 6.19. The van der Waals surface area contributed by atoms with Gasteiger partial charge in [0, 0.05) is 32.0 Å². The fraction of sp³-hybridized carbons (Fsp3) is 0.538. The molecule has 0 saturated carbocycles. The highest BCUT2D eigenvalue weighted by Crippen LogP contribution is 2.03. The molecule has 0 bridgehead atoms. The van der Waals surface area contributed by atoms with Crippen LogP contribution in [0.4, 0.5) is 4.79 Å². The molecule has 1 N–H and O–H groups in total. The largest absolute Gasteiger partial charge is 0.338 e. The molecule has 94 valence electrons. The Labute approximate surface area is 103 Å². The highest BCUT2D eigenvalue weighted by molar-refractivity contribution is 5.74. The van der Waals surface area contributed by atoms with Crippen molar-refractivity contribution in [3.8, 4) is 0 Å². The second-order valence-electron chi connectivity index (χ2n) is 3.96. The maximum absolute atomic E-state index is 11.9. The van der Waals surface area contributed by atoms with Gasteiger partial charge in [-0.1, -0.05) is 13.3 Å². The van der Waals surface area contributed by atoms with E-state index in [1.807, 2.05) is 19.1 Å². The van der Waals surface area contributed by atoms with E-state index in [4.69, 9.17) is 0 Å². The van der Waals surface area contributed by atoms with Crippen LogP contribution in [-0.2, 0) is 6.54 Å². The molecular formula is C13H21N3O. The average molecular weight is 235 g/mol. The Balaban J connectivity index is 2.45. The first kappa shape index (κ1) is 13.5. The molecule has 0 spiro atoms. The van der Waals surface area contributed by atoms with Gasteiger partial charge in [0.15, 0.2) is 0 Å². The van der Waals surface area contributed by atoms with Gasteiger partial charge in [-0.3, -0.25) is 4.98 Å². The maximum atomic E-state index is 11.9. The van der Waals surface area contributed by atoms with E-state index in [1.54, 1.807) is 17.3 Å². The van der Waals surface area contributed by atoms with Gasteiger partial charge in [0.1, 0.15) is 0 Å². The number of hydrogen-bond donors (Lipinski definition) is 1. The third-order valence-electron chi connectivity index (χ3n) is 2.60. The number of amides is 2. The molecule has 0 saturated heterocycles. The number of carbonyl (C=O) groups excluding carboxylic acids is 1. The Bertz CT molecular complexity index is 327. The minimum Gasteiger partial charge on any atom is -0.338 e. The van der Waals surface area contributed by atoms with Gasteiger partial charge in [0.2, 0.25) is 0 Å². The first-order valence-corrected chi connectivity index (χ1v) is 6.19. The molecule has 0 atom stereocenters. The quantitative estimate of drug-likeness (QED) is 0.770. The van der Waals surface area contributed by atoms with Crippen molar-refractivity contribution in [3.63, 3.8) is 0 Å². The lowest BCUT2D eigenvalue weighted by Crippen LogP contribution is -2.39. The van der Waals surface area contributed by atoms with Crippen LogP contribution in [0.1, 0.15) is 32.3 Å². The zero-order valence-electron chi connectivity index (χ0n) is 10.6. The number of unbranched alkanes of at least 4 members (excludes halogenated alkanes) is 1. The summed E-state index contributed by atoms with van der Waals surface area (Å²) in [4.78, 5) is 17.6. The topological polar surface area (TPSA) is 45.2 Å². The van der Waals surface area contributed by atoms with Crippen LogP contribution in [0.5, 0.6) is 0 Å². The van der Waals surface area contributed by atoms with E-state index in [1.165, 1.54) is 0 Å². The zero-order valence-corrected chi connectivity index (χ0v) is 10.6. The molecule has 17 heavy (non-hydrogen) atoms. The summed E-state index contributed by atoms with van der Waals surface area (Å²) in [6.45, 7) is 6.20. The smallest absolute Gasteiger partial charge is 0.317 e. The lowest BCUT2D eigenvalue weighted by Gasteiger charge is -2.21. The van der Waals surface area contributed by atoms with Gasteiger partial charge in [-0.05, 0) is 31.0 Å². The Kier molecular flexibility index (Phi) is 6.07. The van der Waals surface area contributed by atoms with E-state index in [-0.39, 0.29) is 6.03 Å². The SMILES string of the molecule is CCCCNC(=O)N(CC)Cc1ccncc1. The minimum atomic E-state index is 0.0118. The predicted molar refractivity (Wildman–Crippen MR) is 68.6 cm³/mol. The lowest BCUT2D eigenvalue weighted by atomic mass is 10.2. The fourth-order valence-corrected chi connectivity index (χ4v) is 1.52. The Morgan fingerprint density at radius 3 is 2.65 bits per heavy atom. The van der Waals surface area contributed by atoms with E-state index in [9.17, 15) is 4.79 Å². The number of pyridine rings is 1. The van der Waals surface area contributed by atoms with Crippen LogP contribution in [0.2, 0.25) is 0 Å². The molecule has 0 radical (unpaired) electrons. The summed E-state index contributed by atoms with van der Waals surface area (Å²) >= 11 is 0. The second kappa shape index (κ2) is 7.65. The molecular weight excluding hydrogens is 214 g/mol. The lowest BCUT2D eigenvalue weighted by molar-refractivity contribution is 0.198. The molecule has 4 heteroatoms. The van der Waals surface area contributed by atoms with Crippen molar-refractivity contribution >= 4 is 6.03 Å². The Hall–Kier alpha value is -1.58. The maximum Gasteiger partial charge on any atom is 0.317 e. The van der Waals surface area contributed by atoms with Gasteiger partial charge >= 0.3 is 6.03 Å². The highest BCUT2D eigenvalue weighted by atomic mass is 16.2. The van der Waals surface area contributed by atoms with E-state index >= 15 is 0 Å². The predicted octanol–water partition coefficient (Wildman–Crippen LogP) is 2.41. The van der Waals surface area contributed by atoms with E-state index in [0.717, 1.165) is 24.9 Å². The number of carbonyl (C=O) groups is 1.